The van der Waals surface area contributed by atoms with Crippen LogP contribution in [0.3, 0.4) is 0 Å². The molecule has 1 N–H and O–H groups in total. The van der Waals surface area contributed by atoms with Crippen LogP contribution in [0.5, 0.6) is 0 Å². The Labute approximate surface area is 209 Å². The summed E-state index contributed by atoms with van der Waals surface area (Å²) in [5, 5.41) is 3.36. The van der Waals surface area contributed by atoms with E-state index in [1.54, 1.807) is 0 Å². The summed E-state index contributed by atoms with van der Waals surface area (Å²) in [6.45, 7) is 25.6. The molecular formula is C28H45NO3Si2. The molecule has 0 atom stereocenters. The summed E-state index contributed by atoms with van der Waals surface area (Å²) in [6.07, 6.45) is 0. The van der Waals surface area contributed by atoms with Crippen LogP contribution >= 0.6 is 0 Å². The van der Waals surface area contributed by atoms with E-state index in [9.17, 15) is 4.79 Å². The number of carbonyl (C=O) groups is 1. The summed E-state index contributed by atoms with van der Waals surface area (Å²) in [6, 6.07) is 13.8. The Bertz CT molecular complexity index is 936. The maximum Gasteiger partial charge on any atom is 0.255 e. The molecule has 0 heterocycles. The minimum absolute atomic E-state index is 0.112. The second-order valence-corrected chi connectivity index (χ2v) is 22.1. The van der Waals surface area contributed by atoms with Crippen LogP contribution in [-0.4, -0.2) is 22.5 Å². The highest BCUT2D eigenvalue weighted by atomic mass is 28.4. The van der Waals surface area contributed by atoms with Gasteiger partial charge in [-0.25, -0.2) is 0 Å². The number of nitrogens with one attached hydrogen (secondary N) is 1. The van der Waals surface area contributed by atoms with Crippen molar-refractivity contribution in [2.24, 2.45) is 0 Å². The third-order valence-electron chi connectivity index (χ3n) is 7.44. The molecule has 6 heteroatoms. The van der Waals surface area contributed by atoms with Gasteiger partial charge in [0.05, 0.1) is 13.2 Å². The number of hydrogen-bond acceptors (Lipinski definition) is 3. The number of benzene rings is 2. The number of amides is 1. The molecule has 0 saturated heterocycles. The Balaban J connectivity index is 2.30. The number of hydrogen-bond donors (Lipinski definition) is 1. The maximum atomic E-state index is 12.9. The topological polar surface area (TPSA) is 47.6 Å². The van der Waals surface area contributed by atoms with E-state index in [1.807, 2.05) is 43.3 Å². The number of aryl methyl sites for hydroxylation is 1. The molecule has 0 aliphatic heterocycles. The summed E-state index contributed by atoms with van der Waals surface area (Å²) in [7, 11) is -3.80. The summed E-state index contributed by atoms with van der Waals surface area (Å²) >= 11 is 0. The third-order valence-corrected chi connectivity index (χ3v) is 16.4. The maximum absolute atomic E-state index is 12.9. The van der Waals surface area contributed by atoms with Crippen molar-refractivity contribution < 1.29 is 13.6 Å². The Morgan fingerprint density at radius 2 is 1.18 bits per heavy atom. The first kappa shape index (κ1) is 28.5. The van der Waals surface area contributed by atoms with E-state index in [4.69, 9.17) is 8.85 Å². The molecule has 0 fully saturated rings. The highest BCUT2D eigenvalue weighted by molar-refractivity contribution is 6.74. The first-order valence-electron chi connectivity index (χ1n) is 12.2. The molecule has 0 aliphatic carbocycles. The van der Waals surface area contributed by atoms with Crippen molar-refractivity contribution in [3.05, 3.63) is 64.7 Å². The van der Waals surface area contributed by atoms with Crippen molar-refractivity contribution in [2.75, 3.05) is 5.32 Å². The van der Waals surface area contributed by atoms with Gasteiger partial charge in [-0.05, 0) is 78.6 Å². The first-order chi connectivity index (χ1) is 15.4. The molecule has 0 aliphatic rings. The van der Waals surface area contributed by atoms with Crippen LogP contribution in [0.2, 0.25) is 36.3 Å². The Morgan fingerprint density at radius 3 is 1.56 bits per heavy atom. The lowest BCUT2D eigenvalue weighted by atomic mass is 10.1. The molecule has 0 bridgehead atoms. The lowest BCUT2D eigenvalue weighted by molar-refractivity contribution is 0.102. The molecule has 0 saturated carbocycles. The second-order valence-electron chi connectivity index (χ2n) is 12.5. The van der Waals surface area contributed by atoms with Crippen LogP contribution in [-0.2, 0) is 22.1 Å². The van der Waals surface area contributed by atoms with E-state index in [1.165, 1.54) is 0 Å². The van der Waals surface area contributed by atoms with Gasteiger partial charge in [-0.2, -0.15) is 0 Å². The van der Waals surface area contributed by atoms with Crippen molar-refractivity contribution in [1.82, 2.24) is 0 Å². The molecule has 188 valence electrons. The summed E-state index contributed by atoms with van der Waals surface area (Å²) < 4.78 is 13.0. The van der Waals surface area contributed by atoms with Gasteiger partial charge in [0.15, 0.2) is 16.6 Å². The fourth-order valence-corrected chi connectivity index (χ4v) is 4.79. The van der Waals surface area contributed by atoms with Crippen LogP contribution < -0.4 is 5.32 Å². The quantitative estimate of drug-likeness (QED) is 0.372. The molecule has 34 heavy (non-hydrogen) atoms. The van der Waals surface area contributed by atoms with Gasteiger partial charge in [0.1, 0.15) is 0 Å². The second kappa shape index (κ2) is 10.5. The highest BCUT2D eigenvalue weighted by Crippen LogP contribution is 2.38. The average Bonchev–Trinajstić information content (AvgIpc) is 2.69. The van der Waals surface area contributed by atoms with Crippen molar-refractivity contribution in [2.45, 2.75) is 97.9 Å². The average molecular weight is 500 g/mol. The fraction of sp³-hybridized carbons (Fsp3) is 0.536. The summed E-state index contributed by atoms with van der Waals surface area (Å²) in [5.74, 6) is -0.112. The molecule has 4 nitrogen and oxygen atoms in total. The molecule has 0 spiro atoms. The smallest absolute Gasteiger partial charge is 0.255 e. The third kappa shape index (κ3) is 7.63. The molecule has 2 aromatic rings. The largest absolute Gasteiger partial charge is 0.413 e. The molecule has 2 aromatic carbocycles. The molecular weight excluding hydrogens is 454 g/mol. The van der Waals surface area contributed by atoms with Crippen LogP contribution in [0.1, 0.15) is 68.6 Å². The fourth-order valence-electron chi connectivity index (χ4n) is 2.87. The standard InChI is InChI=1S/C28H45NO3Si2/c1-21-12-14-24(15-13-21)26(30)29-25-17-22(19-31-33(8,9)27(2,3)4)16-23(18-25)20-32-34(10,11)28(5,6)7/h12-18H,19-20H2,1-11H3,(H,29,30). The van der Waals surface area contributed by atoms with Gasteiger partial charge in [0.2, 0.25) is 0 Å². The van der Waals surface area contributed by atoms with Gasteiger partial charge in [-0.15, -0.1) is 0 Å². The van der Waals surface area contributed by atoms with E-state index in [0.717, 1.165) is 22.4 Å². The van der Waals surface area contributed by atoms with Gasteiger partial charge in [0, 0.05) is 11.3 Å². The van der Waals surface area contributed by atoms with Gasteiger partial charge in [0.25, 0.3) is 5.91 Å². The Kier molecular flexibility index (Phi) is 8.79. The van der Waals surface area contributed by atoms with Crippen molar-refractivity contribution >= 4 is 28.2 Å². The zero-order chi connectivity index (χ0) is 25.9. The Hall–Kier alpha value is -1.74. The highest BCUT2D eigenvalue weighted by Gasteiger charge is 2.38. The SMILES string of the molecule is Cc1ccc(C(=O)Nc2cc(CO[Si](C)(C)C(C)(C)C)cc(CO[Si](C)(C)C(C)(C)C)c2)cc1. The van der Waals surface area contributed by atoms with Crippen molar-refractivity contribution in [3.63, 3.8) is 0 Å². The molecule has 2 rings (SSSR count). The van der Waals surface area contributed by atoms with Gasteiger partial charge >= 0.3 is 0 Å². The van der Waals surface area contributed by atoms with Crippen LogP contribution in [0.25, 0.3) is 0 Å². The summed E-state index contributed by atoms with van der Waals surface area (Å²) in [4.78, 5) is 12.9. The van der Waals surface area contributed by atoms with Crippen LogP contribution in [0.15, 0.2) is 42.5 Å². The van der Waals surface area contributed by atoms with E-state index in [-0.39, 0.29) is 16.0 Å². The summed E-state index contributed by atoms with van der Waals surface area (Å²) in [5.41, 5.74) is 4.66. The van der Waals surface area contributed by atoms with Crippen LogP contribution in [0, 0.1) is 6.92 Å². The molecule has 0 radical (unpaired) electrons. The lowest BCUT2D eigenvalue weighted by Gasteiger charge is -2.36. The minimum Gasteiger partial charge on any atom is -0.413 e. The van der Waals surface area contributed by atoms with Crippen molar-refractivity contribution in [3.8, 4) is 0 Å². The van der Waals surface area contributed by atoms with Gasteiger partial charge < -0.3 is 14.2 Å². The van der Waals surface area contributed by atoms with E-state index in [2.05, 4.69) is 79.1 Å². The number of anilines is 1. The first-order valence-corrected chi connectivity index (χ1v) is 18.0. The zero-order valence-electron chi connectivity index (χ0n) is 23.2. The number of carbonyl (C=O) groups excluding carboxylic acids is 1. The van der Waals surface area contributed by atoms with E-state index >= 15 is 0 Å². The zero-order valence-corrected chi connectivity index (χ0v) is 25.2. The lowest BCUT2D eigenvalue weighted by Crippen LogP contribution is -2.40. The van der Waals surface area contributed by atoms with Crippen LogP contribution in [0.4, 0.5) is 5.69 Å². The molecule has 1 amide bonds. The normalized spacial score (nSPS) is 13.1. The van der Waals surface area contributed by atoms with Gasteiger partial charge in [-0.3, -0.25) is 4.79 Å². The monoisotopic (exact) mass is 499 g/mol. The Morgan fingerprint density at radius 1 is 0.765 bits per heavy atom. The van der Waals surface area contributed by atoms with Gasteiger partial charge in [-0.1, -0.05) is 65.3 Å². The number of rotatable bonds is 8. The predicted octanol–water partition coefficient (Wildman–Crippen LogP) is 8.29. The van der Waals surface area contributed by atoms with E-state index < -0.39 is 16.6 Å². The molecule has 0 unspecified atom stereocenters. The molecule has 0 aromatic heterocycles. The van der Waals surface area contributed by atoms with E-state index in [0.29, 0.717) is 18.8 Å². The minimum atomic E-state index is -1.90. The van der Waals surface area contributed by atoms with Crippen molar-refractivity contribution in [1.29, 1.82) is 0 Å². The predicted molar refractivity (Wildman–Crippen MR) is 150 cm³/mol.